The Morgan fingerprint density at radius 1 is 0.815 bits per heavy atom. The van der Waals surface area contributed by atoms with Gasteiger partial charge in [-0.05, 0) is 42.0 Å². The maximum atomic E-state index is 12.8. The average molecular weight is 356 g/mol. The molecule has 1 heterocycles. The third kappa shape index (κ3) is 2.79. The fourth-order valence-electron chi connectivity index (χ4n) is 3.39. The van der Waals surface area contributed by atoms with E-state index in [0.717, 1.165) is 38.1 Å². The Morgan fingerprint density at radius 2 is 1.56 bits per heavy atom. The van der Waals surface area contributed by atoms with Crippen LogP contribution in [0.4, 0.5) is 5.69 Å². The molecule has 4 heteroatoms. The van der Waals surface area contributed by atoms with Crippen molar-refractivity contribution in [1.82, 2.24) is 4.90 Å². The number of amides is 2. The van der Waals surface area contributed by atoms with Crippen molar-refractivity contribution in [2.75, 3.05) is 12.4 Å². The second-order valence-corrected chi connectivity index (χ2v) is 6.87. The maximum Gasteiger partial charge on any atom is 0.277 e. The van der Waals surface area contributed by atoms with Gasteiger partial charge in [0.2, 0.25) is 0 Å². The van der Waals surface area contributed by atoms with Gasteiger partial charge in [-0.2, -0.15) is 0 Å². The molecular formula is C23H20N2O2. The Balaban J connectivity index is 1.88. The summed E-state index contributed by atoms with van der Waals surface area (Å²) in [6.07, 6.45) is 0. The molecule has 0 unspecified atom stereocenters. The number of carbonyl (C=O) groups excluding carboxylic acids is 2. The Kier molecular flexibility index (Phi) is 4.04. The number of nitrogens with one attached hydrogen (secondary N) is 1. The molecule has 1 aliphatic rings. The SMILES string of the molecule is Cc1ccc(C2=C(Nc3cccc4ccccc34)C(=O)N(C)C2=O)cc1C. The Morgan fingerprint density at radius 3 is 2.33 bits per heavy atom. The van der Waals surface area contributed by atoms with E-state index in [9.17, 15) is 9.59 Å². The van der Waals surface area contributed by atoms with Crippen molar-refractivity contribution in [3.05, 3.63) is 83.1 Å². The molecule has 3 aromatic rings. The van der Waals surface area contributed by atoms with Gasteiger partial charge in [-0.3, -0.25) is 14.5 Å². The number of hydrogen-bond acceptors (Lipinski definition) is 3. The Bertz CT molecular complexity index is 1120. The van der Waals surface area contributed by atoms with Gasteiger partial charge in [-0.1, -0.05) is 54.6 Å². The fourth-order valence-corrected chi connectivity index (χ4v) is 3.39. The van der Waals surface area contributed by atoms with Crippen LogP contribution in [-0.2, 0) is 9.59 Å². The van der Waals surface area contributed by atoms with Crippen LogP contribution in [0.5, 0.6) is 0 Å². The first-order chi connectivity index (χ1) is 13.0. The van der Waals surface area contributed by atoms with Gasteiger partial charge in [-0.15, -0.1) is 0 Å². The molecule has 2 amide bonds. The summed E-state index contributed by atoms with van der Waals surface area (Å²) >= 11 is 0. The first-order valence-electron chi connectivity index (χ1n) is 8.86. The van der Waals surface area contributed by atoms with E-state index >= 15 is 0 Å². The normalized spacial score (nSPS) is 14.4. The monoisotopic (exact) mass is 356 g/mol. The molecule has 0 saturated heterocycles. The van der Waals surface area contributed by atoms with E-state index < -0.39 is 0 Å². The van der Waals surface area contributed by atoms with Crippen molar-refractivity contribution >= 4 is 33.8 Å². The van der Waals surface area contributed by atoms with Gasteiger partial charge in [0.1, 0.15) is 5.70 Å². The Labute approximate surface area is 158 Å². The molecule has 0 fully saturated rings. The van der Waals surface area contributed by atoms with Crippen LogP contribution in [0.2, 0.25) is 0 Å². The van der Waals surface area contributed by atoms with Crippen LogP contribution in [0.3, 0.4) is 0 Å². The van der Waals surface area contributed by atoms with E-state index in [1.165, 1.54) is 7.05 Å². The molecule has 27 heavy (non-hydrogen) atoms. The van der Waals surface area contributed by atoms with E-state index in [4.69, 9.17) is 0 Å². The van der Waals surface area contributed by atoms with E-state index in [-0.39, 0.29) is 11.8 Å². The summed E-state index contributed by atoms with van der Waals surface area (Å²) in [5.41, 5.74) is 4.53. The summed E-state index contributed by atoms with van der Waals surface area (Å²) in [4.78, 5) is 26.7. The number of carbonyl (C=O) groups is 2. The molecular weight excluding hydrogens is 336 g/mol. The molecule has 4 nitrogen and oxygen atoms in total. The second kappa shape index (κ2) is 6.40. The number of rotatable bonds is 3. The molecule has 0 radical (unpaired) electrons. The van der Waals surface area contributed by atoms with Crippen molar-refractivity contribution in [3.8, 4) is 0 Å². The second-order valence-electron chi connectivity index (χ2n) is 6.87. The van der Waals surface area contributed by atoms with Crippen LogP contribution in [0.15, 0.2) is 66.4 Å². The van der Waals surface area contributed by atoms with Crippen molar-refractivity contribution < 1.29 is 9.59 Å². The summed E-state index contributed by atoms with van der Waals surface area (Å²) in [7, 11) is 1.52. The van der Waals surface area contributed by atoms with Gasteiger partial charge in [0, 0.05) is 18.1 Å². The zero-order chi connectivity index (χ0) is 19.1. The maximum absolute atomic E-state index is 12.8. The number of imide groups is 1. The summed E-state index contributed by atoms with van der Waals surface area (Å²) in [5.74, 6) is -0.604. The average Bonchev–Trinajstić information content (AvgIpc) is 2.88. The number of fused-ring (bicyclic) bond motifs is 1. The van der Waals surface area contributed by atoms with Gasteiger partial charge in [-0.25, -0.2) is 0 Å². The first-order valence-corrected chi connectivity index (χ1v) is 8.86. The largest absolute Gasteiger partial charge is 0.350 e. The van der Waals surface area contributed by atoms with Gasteiger partial charge in [0.05, 0.1) is 5.57 Å². The van der Waals surface area contributed by atoms with Gasteiger partial charge in [0.25, 0.3) is 11.8 Å². The molecule has 134 valence electrons. The Hall–Kier alpha value is -3.40. The highest BCUT2D eigenvalue weighted by Crippen LogP contribution is 2.32. The number of likely N-dealkylation sites (N-methyl/N-ethyl adjacent to an activating group) is 1. The minimum absolute atomic E-state index is 0.286. The minimum Gasteiger partial charge on any atom is -0.350 e. The van der Waals surface area contributed by atoms with Crippen molar-refractivity contribution in [2.24, 2.45) is 0 Å². The van der Waals surface area contributed by atoms with Crippen molar-refractivity contribution in [2.45, 2.75) is 13.8 Å². The highest BCUT2D eigenvalue weighted by atomic mass is 16.2. The van der Waals surface area contributed by atoms with Crippen LogP contribution in [-0.4, -0.2) is 23.8 Å². The third-order valence-electron chi connectivity index (χ3n) is 5.13. The quantitative estimate of drug-likeness (QED) is 0.713. The number of benzene rings is 3. The van der Waals surface area contributed by atoms with Crippen LogP contribution in [0.1, 0.15) is 16.7 Å². The lowest BCUT2D eigenvalue weighted by Gasteiger charge is -2.12. The van der Waals surface area contributed by atoms with E-state index in [1.54, 1.807) is 0 Å². The fraction of sp³-hybridized carbons (Fsp3) is 0.130. The smallest absolute Gasteiger partial charge is 0.277 e. The molecule has 0 aliphatic carbocycles. The number of aryl methyl sites for hydroxylation is 2. The van der Waals surface area contributed by atoms with Crippen LogP contribution in [0, 0.1) is 13.8 Å². The molecule has 1 N–H and O–H groups in total. The van der Waals surface area contributed by atoms with Crippen LogP contribution in [0.25, 0.3) is 16.3 Å². The lowest BCUT2D eigenvalue weighted by atomic mass is 9.99. The first kappa shape index (κ1) is 17.0. The molecule has 3 aromatic carbocycles. The number of hydrogen-bond donors (Lipinski definition) is 1. The third-order valence-corrected chi connectivity index (χ3v) is 5.13. The molecule has 0 aromatic heterocycles. The lowest BCUT2D eigenvalue weighted by Crippen LogP contribution is -2.27. The highest BCUT2D eigenvalue weighted by Gasteiger charge is 2.37. The highest BCUT2D eigenvalue weighted by molar-refractivity contribution is 6.36. The molecule has 4 rings (SSSR count). The predicted octanol–water partition coefficient (Wildman–Crippen LogP) is 4.28. The standard InChI is InChI=1S/C23H20N2O2/c1-14-11-12-17(13-15(14)2)20-21(23(27)25(3)22(20)26)24-19-10-6-8-16-7-4-5-9-18(16)19/h4-13,24H,1-3H3. The zero-order valence-electron chi connectivity index (χ0n) is 15.5. The van der Waals surface area contributed by atoms with E-state index in [0.29, 0.717) is 11.3 Å². The molecule has 0 saturated carbocycles. The molecule has 0 spiro atoms. The minimum atomic E-state index is -0.318. The van der Waals surface area contributed by atoms with Crippen molar-refractivity contribution in [3.63, 3.8) is 0 Å². The zero-order valence-corrected chi connectivity index (χ0v) is 15.5. The van der Waals surface area contributed by atoms with Crippen LogP contribution >= 0.6 is 0 Å². The molecule has 0 atom stereocenters. The van der Waals surface area contributed by atoms with Gasteiger partial charge >= 0.3 is 0 Å². The molecule has 1 aliphatic heterocycles. The predicted molar refractivity (Wildman–Crippen MR) is 108 cm³/mol. The number of anilines is 1. The number of nitrogens with zero attached hydrogens (tertiary/aromatic N) is 1. The summed E-state index contributed by atoms with van der Waals surface area (Å²) in [6, 6.07) is 19.7. The summed E-state index contributed by atoms with van der Waals surface area (Å²) in [6.45, 7) is 4.03. The molecule has 0 bridgehead atoms. The summed E-state index contributed by atoms with van der Waals surface area (Å²) in [5, 5.41) is 5.32. The van der Waals surface area contributed by atoms with Crippen LogP contribution < -0.4 is 5.32 Å². The van der Waals surface area contributed by atoms with Gasteiger partial charge < -0.3 is 5.32 Å². The van der Waals surface area contributed by atoms with Gasteiger partial charge in [0.15, 0.2) is 0 Å². The summed E-state index contributed by atoms with van der Waals surface area (Å²) < 4.78 is 0. The van der Waals surface area contributed by atoms with E-state index in [2.05, 4.69) is 5.32 Å². The van der Waals surface area contributed by atoms with Crippen molar-refractivity contribution in [1.29, 1.82) is 0 Å². The lowest BCUT2D eigenvalue weighted by molar-refractivity contribution is -0.135. The topological polar surface area (TPSA) is 49.4 Å². The van der Waals surface area contributed by atoms with E-state index in [1.807, 2.05) is 74.5 Å².